The molecule has 0 radical (unpaired) electrons. The van der Waals surface area contributed by atoms with Crippen molar-refractivity contribution in [2.24, 2.45) is 4.99 Å². The summed E-state index contributed by atoms with van der Waals surface area (Å²) in [5.74, 6) is -1.62. The summed E-state index contributed by atoms with van der Waals surface area (Å²) in [7, 11) is 1.53. The van der Waals surface area contributed by atoms with Crippen molar-refractivity contribution in [3.05, 3.63) is 28.6 Å². The van der Waals surface area contributed by atoms with Gasteiger partial charge in [-0.15, -0.1) is 0 Å². The Labute approximate surface area is 118 Å². The minimum Gasteiger partial charge on any atom is -0.383 e. The largest absolute Gasteiger partial charge is 0.383 e. The van der Waals surface area contributed by atoms with Gasteiger partial charge in [-0.3, -0.25) is 4.79 Å². The molecule has 0 aliphatic heterocycles. The molecule has 0 atom stereocenters. The molecular formula is C13H14F2N2O2S. The Morgan fingerprint density at radius 1 is 1.45 bits per heavy atom. The number of ether oxygens (including phenoxy) is 1. The third-order valence-corrected chi connectivity index (χ3v) is 3.76. The molecule has 1 heterocycles. The molecule has 0 N–H and O–H groups in total. The van der Waals surface area contributed by atoms with E-state index in [9.17, 15) is 13.6 Å². The monoisotopic (exact) mass is 300 g/mol. The van der Waals surface area contributed by atoms with Crippen molar-refractivity contribution in [2.75, 3.05) is 13.7 Å². The summed E-state index contributed by atoms with van der Waals surface area (Å²) in [5.41, 5.74) is 0.246. The molecule has 0 fully saturated rings. The maximum absolute atomic E-state index is 13.9. The van der Waals surface area contributed by atoms with Crippen LogP contribution in [0.1, 0.15) is 13.3 Å². The van der Waals surface area contributed by atoms with Crippen molar-refractivity contribution in [1.82, 2.24) is 4.57 Å². The van der Waals surface area contributed by atoms with Crippen LogP contribution >= 0.6 is 11.3 Å². The van der Waals surface area contributed by atoms with Crippen LogP contribution in [0.4, 0.5) is 8.78 Å². The van der Waals surface area contributed by atoms with Crippen LogP contribution in [0.3, 0.4) is 0 Å². The molecule has 2 rings (SSSR count). The molecule has 0 saturated carbocycles. The number of carbonyl (C=O) groups is 1. The maximum Gasteiger partial charge on any atom is 0.248 e. The third kappa shape index (κ3) is 2.94. The topological polar surface area (TPSA) is 43.6 Å². The summed E-state index contributed by atoms with van der Waals surface area (Å²) in [6.07, 6.45) is 0.259. The zero-order chi connectivity index (χ0) is 14.7. The highest BCUT2D eigenvalue weighted by Crippen LogP contribution is 2.22. The van der Waals surface area contributed by atoms with Gasteiger partial charge in [-0.2, -0.15) is 4.99 Å². The van der Waals surface area contributed by atoms with E-state index in [4.69, 9.17) is 4.74 Å². The Balaban J connectivity index is 2.70. The second-order valence-corrected chi connectivity index (χ2v) is 5.13. The second-order valence-electron chi connectivity index (χ2n) is 4.12. The summed E-state index contributed by atoms with van der Waals surface area (Å²) in [6.45, 7) is 2.38. The number of thiazole rings is 1. The molecule has 108 valence electrons. The molecule has 0 spiro atoms. The second kappa shape index (κ2) is 6.23. The molecule has 0 bridgehead atoms. The van der Waals surface area contributed by atoms with Crippen molar-refractivity contribution < 1.29 is 18.3 Å². The average Bonchev–Trinajstić information content (AvgIpc) is 2.73. The number of rotatable bonds is 4. The number of carbonyl (C=O) groups excluding carboxylic acids is 1. The first kappa shape index (κ1) is 14.8. The predicted molar refractivity (Wildman–Crippen MR) is 72.5 cm³/mol. The van der Waals surface area contributed by atoms with Crippen LogP contribution < -0.4 is 4.80 Å². The van der Waals surface area contributed by atoms with E-state index in [0.717, 1.165) is 17.4 Å². The van der Waals surface area contributed by atoms with Gasteiger partial charge in [0.05, 0.1) is 16.8 Å². The Bertz CT molecular complexity index is 706. The normalized spacial score (nSPS) is 12.3. The predicted octanol–water partition coefficient (Wildman–Crippen LogP) is 2.46. The first-order chi connectivity index (χ1) is 9.56. The summed E-state index contributed by atoms with van der Waals surface area (Å²) in [4.78, 5) is 15.8. The van der Waals surface area contributed by atoms with Gasteiger partial charge in [0.2, 0.25) is 5.91 Å². The lowest BCUT2D eigenvalue weighted by Crippen LogP contribution is -2.19. The molecule has 2 aromatic rings. The number of amides is 1. The van der Waals surface area contributed by atoms with E-state index in [1.807, 2.05) is 0 Å². The lowest BCUT2D eigenvalue weighted by Gasteiger charge is -2.04. The van der Waals surface area contributed by atoms with E-state index >= 15 is 0 Å². The molecule has 7 heteroatoms. The number of fused-ring (bicyclic) bond motifs is 1. The number of nitrogens with zero attached hydrogens (tertiary/aromatic N) is 2. The van der Waals surface area contributed by atoms with Crippen molar-refractivity contribution in [3.8, 4) is 0 Å². The van der Waals surface area contributed by atoms with Crippen LogP contribution in [-0.2, 0) is 16.1 Å². The molecule has 20 heavy (non-hydrogen) atoms. The lowest BCUT2D eigenvalue weighted by molar-refractivity contribution is -0.117. The van der Waals surface area contributed by atoms with Crippen molar-refractivity contribution in [1.29, 1.82) is 0 Å². The number of benzene rings is 1. The molecule has 0 aliphatic carbocycles. The fraction of sp³-hybridized carbons (Fsp3) is 0.385. The zero-order valence-electron chi connectivity index (χ0n) is 11.2. The lowest BCUT2D eigenvalue weighted by atomic mass is 10.3. The molecule has 1 aromatic carbocycles. The number of halogens is 2. The van der Waals surface area contributed by atoms with Gasteiger partial charge < -0.3 is 9.30 Å². The van der Waals surface area contributed by atoms with Crippen molar-refractivity contribution in [2.45, 2.75) is 19.9 Å². The first-order valence-corrected chi connectivity index (χ1v) is 6.93. The minimum absolute atomic E-state index is 0.246. The maximum atomic E-state index is 13.9. The van der Waals surface area contributed by atoms with Gasteiger partial charge in [-0.25, -0.2) is 8.78 Å². The Morgan fingerprint density at radius 2 is 2.20 bits per heavy atom. The molecule has 1 aromatic heterocycles. The molecule has 0 saturated heterocycles. The number of hydrogen-bond donors (Lipinski definition) is 0. The first-order valence-electron chi connectivity index (χ1n) is 6.11. The Kier molecular flexibility index (Phi) is 4.61. The molecule has 4 nitrogen and oxygen atoms in total. The standard InChI is InChI=1S/C13H14F2N2O2S/c1-3-11(18)16-13-17(4-5-19-2)12-9(15)6-8(14)7-10(12)20-13/h6-7H,3-5H2,1-2H3. The quantitative estimate of drug-likeness (QED) is 0.870. The van der Waals surface area contributed by atoms with Gasteiger partial charge in [0.25, 0.3) is 0 Å². The SMILES string of the molecule is CCC(=O)N=c1sc2cc(F)cc(F)c2n1CCOC. The van der Waals surface area contributed by atoms with E-state index in [0.29, 0.717) is 22.7 Å². The Hall–Kier alpha value is -1.60. The van der Waals surface area contributed by atoms with E-state index in [2.05, 4.69) is 4.99 Å². The zero-order valence-corrected chi connectivity index (χ0v) is 12.0. The summed E-state index contributed by atoms with van der Waals surface area (Å²) in [5, 5.41) is 0. The molecule has 0 aliphatic rings. The van der Waals surface area contributed by atoms with Crippen LogP contribution in [0.25, 0.3) is 10.2 Å². The van der Waals surface area contributed by atoms with Gasteiger partial charge in [0.1, 0.15) is 5.82 Å². The van der Waals surface area contributed by atoms with Gasteiger partial charge >= 0.3 is 0 Å². The van der Waals surface area contributed by atoms with E-state index in [1.54, 1.807) is 11.5 Å². The fourth-order valence-electron chi connectivity index (χ4n) is 1.79. The van der Waals surface area contributed by atoms with Crippen LogP contribution in [0.15, 0.2) is 17.1 Å². The number of methoxy groups -OCH3 is 1. The van der Waals surface area contributed by atoms with Crippen LogP contribution in [-0.4, -0.2) is 24.2 Å². The Morgan fingerprint density at radius 3 is 2.85 bits per heavy atom. The van der Waals surface area contributed by atoms with Crippen molar-refractivity contribution in [3.63, 3.8) is 0 Å². The van der Waals surface area contributed by atoms with Gasteiger partial charge in [0, 0.05) is 26.1 Å². The fourth-order valence-corrected chi connectivity index (χ4v) is 2.90. The van der Waals surface area contributed by atoms with E-state index in [1.165, 1.54) is 13.2 Å². The van der Waals surface area contributed by atoms with Crippen molar-refractivity contribution >= 4 is 27.5 Å². The molecular weight excluding hydrogens is 286 g/mol. The highest BCUT2D eigenvalue weighted by Gasteiger charge is 2.13. The summed E-state index contributed by atoms with van der Waals surface area (Å²) < 4.78 is 34.1. The van der Waals surface area contributed by atoms with E-state index in [-0.39, 0.29) is 17.8 Å². The minimum atomic E-state index is -0.669. The highest BCUT2D eigenvalue weighted by molar-refractivity contribution is 7.16. The molecule has 0 unspecified atom stereocenters. The number of aromatic nitrogens is 1. The summed E-state index contributed by atoms with van der Waals surface area (Å²) in [6, 6.07) is 2.06. The van der Waals surface area contributed by atoms with Gasteiger partial charge in [0.15, 0.2) is 10.6 Å². The summed E-state index contributed by atoms with van der Waals surface area (Å²) >= 11 is 1.09. The van der Waals surface area contributed by atoms with Gasteiger partial charge in [-0.1, -0.05) is 18.3 Å². The third-order valence-electron chi connectivity index (χ3n) is 2.74. The van der Waals surface area contributed by atoms with Crippen LogP contribution in [0, 0.1) is 11.6 Å². The van der Waals surface area contributed by atoms with Gasteiger partial charge in [-0.05, 0) is 6.07 Å². The average molecular weight is 300 g/mol. The number of hydrogen-bond acceptors (Lipinski definition) is 3. The van der Waals surface area contributed by atoms with Crippen LogP contribution in [0.2, 0.25) is 0 Å². The van der Waals surface area contributed by atoms with Crippen LogP contribution in [0.5, 0.6) is 0 Å². The highest BCUT2D eigenvalue weighted by atomic mass is 32.1. The smallest absolute Gasteiger partial charge is 0.248 e. The molecule has 1 amide bonds. The van der Waals surface area contributed by atoms with E-state index < -0.39 is 11.6 Å².